The lowest BCUT2D eigenvalue weighted by Gasteiger charge is -2.27. The van der Waals surface area contributed by atoms with Crippen LogP contribution in [0.3, 0.4) is 0 Å². The van der Waals surface area contributed by atoms with Gasteiger partial charge in [-0.1, -0.05) is 12.5 Å². The Morgan fingerprint density at radius 1 is 1.21 bits per heavy atom. The summed E-state index contributed by atoms with van der Waals surface area (Å²) in [6, 6.07) is 6.68. The van der Waals surface area contributed by atoms with Crippen molar-refractivity contribution in [3.05, 3.63) is 29.8 Å². The topological polar surface area (TPSA) is 57.7 Å². The molecule has 1 aliphatic carbocycles. The Kier molecular flexibility index (Phi) is 4.97. The first-order chi connectivity index (χ1) is 11.4. The molecule has 1 atom stereocenters. The van der Waals surface area contributed by atoms with E-state index >= 15 is 0 Å². The van der Waals surface area contributed by atoms with Crippen molar-refractivity contribution in [1.82, 2.24) is 9.21 Å². The maximum absolute atomic E-state index is 12.8. The number of carbonyl (C=O) groups is 1. The highest BCUT2D eigenvalue weighted by atomic mass is 32.2. The third-order valence-electron chi connectivity index (χ3n) is 5.27. The van der Waals surface area contributed by atoms with Gasteiger partial charge in [0, 0.05) is 31.7 Å². The fraction of sp³-hybridized carbons (Fsp3) is 0.611. The number of sulfonamides is 1. The van der Waals surface area contributed by atoms with Crippen molar-refractivity contribution in [1.29, 1.82) is 0 Å². The summed E-state index contributed by atoms with van der Waals surface area (Å²) >= 11 is 0. The summed E-state index contributed by atoms with van der Waals surface area (Å²) in [5.74, 6) is 0.476. The Morgan fingerprint density at radius 3 is 2.50 bits per heavy atom. The third-order valence-corrected chi connectivity index (χ3v) is 7.16. The van der Waals surface area contributed by atoms with Crippen LogP contribution in [0.15, 0.2) is 29.2 Å². The lowest BCUT2D eigenvalue weighted by Crippen LogP contribution is -2.37. The second-order valence-electron chi connectivity index (χ2n) is 6.99. The van der Waals surface area contributed by atoms with Gasteiger partial charge in [-0.3, -0.25) is 4.79 Å². The summed E-state index contributed by atoms with van der Waals surface area (Å²) in [4.78, 5) is 14.7. The lowest BCUT2D eigenvalue weighted by molar-refractivity contribution is 0.0727. The average Bonchev–Trinajstić information content (AvgIpc) is 3.46. The minimum absolute atomic E-state index is 0.106. The highest BCUT2D eigenvalue weighted by Crippen LogP contribution is 2.35. The lowest BCUT2D eigenvalue weighted by atomic mass is 10.1. The molecular weight excluding hydrogens is 324 g/mol. The Bertz CT molecular complexity index is 707. The summed E-state index contributed by atoms with van der Waals surface area (Å²) in [6.45, 7) is 3.20. The number of amides is 1. The number of carbonyl (C=O) groups excluding carboxylic acids is 1. The molecule has 3 rings (SSSR count). The van der Waals surface area contributed by atoms with Gasteiger partial charge in [-0.15, -0.1) is 0 Å². The van der Waals surface area contributed by atoms with Crippen molar-refractivity contribution in [2.75, 3.05) is 20.1 Å². The fourth-order valence-corrected chi connectivity index (χ4v) is 4.89. The molecule has 1 saturated heterocycles. The number of benzene rings is 1. The second kappa shape index (κ2) is 6.84. The van der Waals surface area contributed by atoms with Crippen molar-refractivity contribution in [3.63, 3.8) is 0 Å². The second-order valence-corrected chi connectivity index (χ2v) is 8.92. The molecule has 1 aromatic rings. The van der Waals surface area contributed by atoms with E-state index in [0.29, 0.717) is 24.6 Å². The molecule has 0 radical (unpaired) electrons. The van der Waals surface area contributed by atoms with E-state index in [1.54, 1.807) is 30.1 Å². The van der Waals surface area contributed by atoms with E-state index in [1.807, 2.05) is 0 Å². The van der Waals surface area contributed by atoms with Gasteiger partial charge < -0.3 is 4.90 Å². The van der Waals surface area contributed by atoms with Gasteiger partial charge >= 0.3 is 0 Å². The quantitative estimate of drug-likeness (QED) is 0.820. The Labute approximate surface area is 144 Å². The maximum Gasteiger partial charge on any atom is 0.253 e. The van der Waals surface area contributed by atoms with E-state index in [0.717, 1.165) is 19.3 Å². The monoisotopic (exact) mass is 350 g/mol. The SMILES string of the molecule is CC(C1CC1)N(C)C(=O)c1cccc(S(=O)(=O)N2CCCCC2)c1. The minimum Gasteiger partial charge on any atom is -0.339 e. The molecule has 0 aromatic heterocycles. The predicted octanol–water partition coefficient (Wildman–Crippen LogP) is 2.73. The van der Waals surface area contributed by atoms with Crippen LogP contribution in [0.5, 0.6) is 0 Å². The molecule has 1 unspecified atom stereocenters. The van der Waals surface area contributed by atoms with Crippen LogP contribution in [0.25, 0.3) is 0 Å². The molecular formula is C18H26N2O3S. The molecule has 1 heterocycles. The molecule has 0 spiro atoms. The molecule has 2 fully saturated rings. The van der Waals surface area contributed by atoms with Crippen LogP contribution in [0.2, 0.25) is 0 Å². The number of hydrogen-bond donors (Lipinski definition) is 0. The summed E-state index contributed by atoms with van der Waals surface area (Å²) in [5, 5.41) is 0. The summed E-state index contributed by atoms with van der Waals surface area (Å²) in [6.07, 6.45) is 5.22. The van der Waals surface area contributed by atoms with Crippen molar-refractivity contribution in [3.8, 4) is 0 Å². The molecule has 0 N–H and O–H groups in total. The average molecular weight is 350 g/mol. The van der Waals surface area contributed by atoms with Crippen LogP contribution < -0.4 is 0 Å². The van der Waals surface area contributed by atoms with Crippen molar-refractivity contribution >= 4 is 15.9 Å². The zero-order valence-electron chi connectivity index (χ0n) is 14.4. The number of hydrogen-bond acceptors (Lipinski definition) is 3. The summed E-state index contributed by atoms with van der Waals surface area (Å²) in [7, 11) is -1.70. The molecule has 1 aromatic carbocycles. The molecule has 24 heavy (non-hydrogen) atoms. The van der Waals surface area contributed by atoms with Gasteiger partial charge in [0.1, 0.15) is 0 Å². The van der Waals surface area contributed by atoms with E-state index in [1.165, 1.54) is 23.2 Å². The Balaban J connectivity index is 1.81. The first kappa shape index (κ1) is 17.4. The standard InChI is InChI=1S/C18H26N2O3S/c1-14(15-9-10-15)19(2)18(21)16-7-6-8-17(13-16)24(22,23)20-11-4-3-5-12-20/h6-8,13-15H,3-5,9-12H2,1-2H3. The minimum atomic E-state index is -3.51. The van der Waals surface area contributed by atoms with E-state index in [9.17, 15) is 13.2 Å². The van der Waals surface area contributed by atoms with E-state index in [4.69, 9.17) is 0 Å². The summed E-state index contributed by atoms with van der Waals surface area (Å²) < 4.78 is 27.1. The molecule has 6 heteroatoms. The van der Waals surface area contributed by atoms with E-state index in [2.05, 4.69) is 6.92 Å². The number of rotatable bonds is 5. The maximum atomic E-state index is 12.8. The molecule has 132 valence electrons. The van der Waals surface area contributed by atoms with Crippen LogP contribution in [-0.4, -0.2) is 49.7 Å². The van der Waals surface area contributed by atoms with E-state index < -0.39 is 10.0 Å². The Hall–Kier alpha value is -1.40. The largest absolute Gasteiger partial charge is 0.339 e. The van der Waals surface area contributed by atoms with Crippen molar-refractivity contribution in [2.45, 2.75) is 50.0 Å². The molecule has 5 nitrogen and oxygen atoms in total. The molecule has 1 saturated carbocycles. The zero-order valence-corrected chi connectivity index (χ0v) is 15.3. The van der Waals surface area contributed by atoms with Crippen molar-refractivity contribution < 1.29 is 13.2 Å². The van der Waals surface area contributed by atoms with Gasteiger partial charge in [0.05, 0.1) is 4.90 Å². The van der Waals surface area contributed by atoms with E-state index in [-0.39, 0.29) is 16.8 Å². The van der Waals surface area contributed by atoms with Crippen LogP contribution in [0.1, 0.15) is 49.4 Å². The molecule has 1 amide bonds. The first-order valence-electron chi connectivity index (χ1n) is 8.78. The van der Waals surface area contributed by atoms with Gasteiger partial charge in [0.2, 0.25) is 10.0 Å². The predicted molar refractivity (Wildman–Crippen MR) is 93.3 cm³/mol. The van der Waals surface area contributed by atoms with Crippen LogP contribution >= 0.6 is 0 Å². The Morgan fingerprint density at radius 2 is 1.88 bits per heavy atom. The van der Waals surface area contributed by atoms with Gasteiger partial charge in [-0.2, -0.15) is 4.31 Å². The smallest absolute Gasteiger partial charge is 0.253 e. The van der Waals surface area contributed by atoms with Crippen LogP contribution in [0, 0.1) is 5.92 Å². The molecule has 0 bridgehead atoms. The zero-order chi connectivity index (χ0) is 17.3. The van der Waals surface area contributed by atoms with Crippen molar-refractivity contribution in [2.24, 2.45) is 5.92 Å². The van der Waals surface area contributed by atoms with Gasteiger partial charge in [-0.05, 0) is 56.7 Å². The first-order valence-corrected chi connectivity index (χ1v) is 10.2. The fourth-order valence-electron chi connectivity index (χ4n) is 3.33. The van der Waals surface area contributed by atoms with Gasteiger partial charge in [0.25, 0.3) is 5.91 Å². The molecule has 1 aliphatic heterocycles. The molecule has 2 aliphatic rings. The number of nitrogens with zero attached hydrogens (tertiary/aromatic N) is 2. The van der Waals surface area contributed by atoms with Crippen LogP contribution in [-0.2, 0) is 10.0 Å². The highest BCUT2D eigenvalue weighted by molar-refractivity contribution is 7.89. The third kappa shape index (κ3) is 3.49. The highest BCUT2D eigenvalue weighted by Gasteiger charge is 2.33. The van der Waals surface area contributed by atoms with Crippen LogP contribution in [0.4, 0.5) is 0 Å². The number of piperidine rings is 1. The normalized spacial score (nSPS) is 20.6. The summed E-state index contributed by atoms with van der Waals surface area (Å²) in [5.41, 5.74) is 0.447. The van der Waals surface area contributed by atoms with Gasteiger partial charge in [-0.25, -0.2) is 8.42 Å². The van der Waals surface area contributed by atoms with Gasteiger partial charge in [0.15, 0.2) is 0 Å².